The summed E-state index contributed by atoms with van der Waals surface area (Å²) in [5.41, 5.74) is 9.23. The molecule has 0 spiro atoms. The van der Waals surface area contributed by atoms with Crippen molar-refractivity contribution in [2.24, 2.45) is 0 Å². The van der Waals surface area contributed by atoms with Crippen molar-refractivity contribution < 1.29 is 9.53 Å². The highest BCUT2D eigenvalue weighted by Gasteiger charge is 2.27. The molecule has 4 aromatic rings. The summed E-state index contributed by atoms with van der Waals surface area (Å²) in [6.07, 6.45) is 3.32. The molecule has 0 bridgehead atoms. The molecule has 0 aliphatic carbocycles. The van der Waals surface area contributed by atoms with Gasteiger partial charge in [-0.25, -0.2) is 9.78 Å². The Kier molecular flexibility index (Phi) is 5.03. The van der Waals surface area contributed by atoms with Gasteiger partial charge in [0.25, 0.3) is 0 Å². The predicted octanol–water partition coefficient (Wildman–Crippen LogP) is 3.58. The van der Waals surface area contributed by atoms with Crippen molar-refractivity contribution in [3.8, 4) is 11.1 Å². The molecule has 9 nitrogen and oxygen atoms in total. The Morgan fingerprint density at radius 3 is 2.58 bits per heavy atom. The van der Waals surface area contributed by atoms with Crippen molar-refractivity contribution in [1.82, 2.24) is 24.5 Å². The molecular formula is C24H27N7O2. The van der Waals surface area contributed by atoms with Gasteiger partial charge < -0.3 is 20.3 Å². The largest absolute Gasteiger partial charge is 0.444 e. The first kappa shape index (κ1) is 21.0. The average Bonchev–Trinajstić information content (AvgIpc) is 3.22. The van der Waals surface area contributed by atoms with Gasteiger partial charge >= 0.3 is 6.09 Å². The van der Waals surface area contributed by atoms with Crippen molar-refractivity contribution >= 4 is 34.3 Å². The molecule has 170 valence electrons. The number of nitrogens with zero attached hydrogens (tertiary/aromatic N) is 6. The molecule has 3 aromatic heterocycles. The number of rotatable bonds is 2. The number of carbonyl (C=O) groups excluding carboxylic acids is 1. The Labute approximate surface area is 191 Å². The van der Waals surface area contributed by atoms with Crippen LogP contribution >= 0.6 is 0 Å². The van der Waals surface area contributed by atoms with Crippen LogP contribution in [0.3, 0.4) is 0 Å². The standard InChI is InChI=1S/C24H27N7O2/c1-24(2,3)33-23(32)30-10-8-29(9-11-30)21-13-20(25)31-22(28-21)18(15-27-31)17-12-16-6-4-5-7-19(16)26-14-17/h4-7,12-15H,8-11,25H2,1-3H3. The van der Waals surface area contributed by atoms with E-state index in [-0.39, 0.29) is 6.09 Å². The summed E-state index contributed by atoms with van der Waals surface area (Å²) in [7, 11) is 0. The normalized spacial score (nSPS) is 14.8. The fraction of sp³-hybridized carbons (Fsp3) is 0.333. The number of aromatic nitrogens is 4. The monoisotopic (exact) mass is 445 g/mol. The maximum absolute atomic E-state index is 12.4. The molecule has 1 fully saturated rings. The van der Waals surface area contributed by atoms with Crippen molar-refractivity contribution in [1.29, 1.82) is 0 Å². The molecule has 4 heterocycles. The summed E-state index contributed by atoms with van der Waals surface area (Å²) in [5.74, 6) is 1.27. The van der Waals surface area contributed by atoms with E-state index in [0.29, 0.717) is 37.6 Å². The van der Waals surface area contributed by atoms with Crippen LogP contribution in [0.4, 0.5) is 16.4 Å². The SMILES string of the molecule is CC(C)(C)OC(=O)N1CCN(c2cc(N)n3ncc(-c4cnc5ccccc5c4)c3n2)CC1. The Morgan fingerprint density at radius 1 is 1.06 bits per heavy atom. The van der Waals surface area contributed by atoms with E-state index in [1.54, 1.807) is 15.6 Å². The molecule has 0 radical (unpaired) electrons. The molecule has 33 heavy (non-hydrogen) atoms. The molecule has 1 amide bonds. The van der Waals surface area contributed by atoms with Gasteiger partial charge in [0.05, 0.1) is 11.7 Å². The Bertz CT molecular complexity index is 1330. The molecule has 2 N–H and O–H groups in total. The van der Waals surface area contributed by atoms with Gasteiger partial charge in [-0.3, -0.25) is 4.98 Å². The first-order valence-corrected chi connectivity index (χ1v) is 11.0. The number of hydrogen-bond donors (Lipinski definition) is 1. The second-order valence-corrected chi connectivity index (χ2v) is 9.20. The first-order valence-electron chi connectivity index (χ1n) is 11.0. The Hall–Kier alpha value is -3.88. The molecular weight excluding hydrogens is 418 g/mol. The van der Waals surface area contributed by atoms with Crippen LogP contribution in [0.5, 0.6) is 0 Å². The zero-order valence-corrected chi connectivity index (χ0v) is 19.0. The van der Waals surface area contributed by atoms with Gasteiger partial charge in [-0.2, -0.15) is 9.61 Å². The summed E-state index contributed by atoms with van der Waals surface area (Å²) in [4.78, 5) is 25.7. The highest BCUT2D eigenvalue weighted by Crippen LogP contribution is 2.29. The molecule has 1 aliphatic heterocycles. The fourth-order valence-electron chi connectivity index (χ4n) is 4.00. The second-order valence-electron chi connectivity index (χ2n) is 9.20. The number of piperazine rings is 1. The van der Waals surface area contributed by atoms with E-state index in [0.717, 1.165) is 27.8 Å². The number of pyridine rings is 1. The minimum absolute atomic E-state index is 0.285. The van der Waals surface area contributed by atoms with Gasteiger partial charge in [0.1, 0.15) is 17.2 Å². The lowest BCUT2D eigenvalue weighted by atomic mass is 10.1. The smallest absolute Gasteiger partial charge is 0.410 e. The van der Waals surface area contributed by atoms with Gasteiger partial charge in [-0.05, 0) is 32.9 Å². The number of fused-ring (bicyclic) bond motifs is 2. The predicted molar refractivity (Wildman–Crippen MR) is 128 cm³/mol. The third-order valence-electron chi connectivity index (χ3n) is 5.64. The molecule has 1 aromatic carbocycles. The maximum atomic E-state index is 12.4. The van der Waals surface area contributed by atoms with Crippen LogP contribution in [0, 0.1) is 0 Å². The number of nitrogen functional groups attached to an aromatic ring is 1. The van der Waals surface area contributed by atoms with E-state index in [1.807, 2.05) is 57.3 Å². The van der Waals surface area contributed by atoms with Crippen LogP contribution in [0.2, 0.25) is 0 Å². The van der Waals surface area contributed by atoms with E-state index in [2.05, 4.69) is 21.0 Å². The van der Waals surface area contributed by atoms with Gasteiger partial charge in [0.15, 0.2) is 5.65 Å². The minimum atomic E-state index is -0.509. The fourth-order valence-corrected chi connectivity index (χ4v) is 4.00. The highest BCUT2D eigenvalue weighted by atomic mass is 16.6. The van der Waals surface area contributed by atoms with Gasteiger partial charge in [0, 0.05) is 55.0 Å². The number of hydrogen-bond acceptors (Lipinski definition) is 7. The van der Waals surface area contributed by atoms with Crippen molar-refractivity contribution in [2.75, 3.05) is 36.8 Å². The van der Waals surface area contributed by atoms with Crippen LogP contribution in [-0.2, 0) is 4.74 Å². The lowest BCUT2D eigenvalue weighted by molar-refractivity contribution is 0.0240. The number of anilines is 2. The lowest BCUT2D eigenvalue weighted by Gasteiger charge is -2.36. The number of ether oxygens (including phenoxy) is 1. The highest BCUT2D eigenvalue weighted by molar-refractivity contribution is 5.87. The summed E-state index contributed by atoms with van der Waals surface area (Å²) in [6, 6.07) is 11.9. The molecule has 0 unspecified atom stereocenters. The second kappa shape index (κ2) is 7.91. The molecule has 9 heteroatoms. The summed E-state index contributed by atoms with van der Waals surface area (Å²) in [6.45, 7) is 8.02. The van der Waals surface area contributed by atoms with E-state index in [1.165, 1.54) is 0 Å². The average molecular weight is 446 g/mol. The van der Waals surface area contributed by atoms with Crippen molar-refractivity contribution in [2.45, 2.75) is 26.4 Å². The molecule has 0 saturated carbocycles. The van der Waals surface area contributed by atoms with Gasteiger partial charge in [-0.15, -0.1) is 0 Å². The van der Waals surface area contributed by atoms with E-state index in [9.17, 15) is 4.79 Å². The zero-order valence-electron chi connectivity index (χ0n) is 19.0. The number of amides is 1. The molecule has 1 aliphatic rings. The minimum Gasteiger partial charge on any atom is -0.444 e. The van der Waals surface area contributed by atoms with Crippen LogP contribution in [0.25, 0.3) is 27.7 Å². The molecule has 0 atom stereocenters. The van der Waals surface area contributed by atoms with Gasteiger partial charge in [-0.1, -0.05) is 18.2 Å². The Morgan fingerprint density at radius 2 is 1.82 bits per heavy atom. The van der Waals surface area contributed by atoms with Crippen LogP contribution in [0.1, 0.15) is 20.8 Å². The topological polar surface area (TPSA) is 102 Å². The first-order chi connectivity index (χ1) is 15.8. The van der Waals surface area contributed by atoms with Crippen LogP contribution < -0.4 is 10.6 Å². The third-order valence-corrected chi connectivity index (χ3v) is 5.64. The van der Waals surface area contributed by atoms with Crippen LogP contribution in [-0.4, -0.2) is 62.4 Å². The summed E-state index contributed by atoms with van der Waals surface area (Å²) < 4.78 is 7.14. The maximum Gasteiger partial charge on any atom is 0.410 e. The summed E-state index contributed by atoms with van der Waals surface area (Å²) >= 11 is 0. The Balaban J connectivity index is 1.42. The van der Waals surface area contributed by atoms with Crippen molar-refractivity contribution in [3.63, 3.8) is 0 Å². The third kappa shape index (κ3) is 4.13. The number of benzene rings is 1. The molecule has 5 rings (SSSR count). The summed E-state index contributed by atoms with van der Waals surface area (Å²) in [5, 5.41) is 5.50. The molecule has 1 saturated heterocycles. The number of carbonyl (C=O) groups is 1. The van der Waals surface area contributed by atoms with E-state index in [4.69, 9.17) is 15.5 Å². The lowest BCUT2D eigenvalue weighted by Crippen LogP contribution is -2.50. The number of para-hydroxylation sites is 1. The van der Waals surface area contributed by atoms with Crippen LogP contribution in [0.15, 0.2) is 48.8 Å². The van der Waals surface area contributed by atoms with Gasteiger partial charge in [0.2, 0.25) is 0 Å². The van der Waals surface area contributed by atoms with Crippen molar-refractivity contribution in [3.05, 3.63) is 48.8 Å². The van der Waals surface area contributed by atoms with E-state index < -0.39 is 5.60 Å². The number of nitrogens with two attached hydrogens (primary N) is 1. The zero-order chi connectivity index (χ0) is 23.2. The van der Waals surface area contributed by atoms with E-state index >= 15 is 0 Å². The quantitative estimate of drug-likeness (QED) is 0.503.